The highest BCUT2D eigenvalue weighted by Gasteiger charge is 2.12. The van der Waals surface area contributed by atoms with Gasteiger partial charge in [-0.05, 0) is 28.1 Å². The molecule has 0 amide bonds. The van der Waals surface area contributed by atoms with Crippen LogP contribution in [0.3, 0.4) is 0 Å². The van der Waals surface area contributed by atoms with E-state index in [0.29, 0.717) is 23.1 Å². The van der Waals surface area contributed by atoms with Gasteiger partial charge in [0.15, 0.2) is 0 Å². The molecular formula is C11H13BrN2O2. The van der Waals surface area contributed by atoms with Gasteiger partial charge < -0.3 is 15.1 Å². The maximum Gasteiger partial charge on any atom is 0.103 e. The van der Waals surface area contributed by atoms with Crippen molar-refractivity contribution in [3.05, 3.63) is 28.2 Å². The summed E-state index contributed by atoms with van der Waals surface area (Å²) in [6.07, 6.45) is 0. The topological polar surface area (TPSA) is 67.5 Å². The number of nitrogens with zero attached hydrogens (tertiary/aromatic N) is 2. The Morgan fingerprint density at radius 1 is 1.25 bits per heavy atom. The quantitative estimate of drug-likeness (QED) is 0.850. The van der Waals surface area contributed by atoms with E-state index in [-0.39, 0.29) is 13.2 Å². The average molecular weight is 285 g/mol. The fraction of sp³-hybridized carbons (Fsp3) is 0.364. The van der Waals surface area contributed by atoms with Gasteiger partial charge in [0, 0.05) is 17.6 Å². The van der Waals surface area contributed by atoms with Gasteiger partial charge in [-0.2, -0.15) is 5.26 Å². The van der Waals surface area contributed by atoms with E-state index in [1.54, 1.807) is 17.0 Å². The molecule has 86 valence electrons. The van der Waals surface area contributed by atoms with E-state index in [1.165, 1.54) is 0 Å². The van der Waals surface area contributed by atoms with E-state index in [0.717, 1.165) is 5.69 Å². The van der Waals surface area contributed by atoms with E-state index in [9.17, 15) is 0 Å². The second kappa shape index (κ2) is 6.48. The van der Waals surface area contributed by atoms with E-state index in [2.05, 4.69) is 22.0 Å². The fourth-order valence-corrected chi connectivity index (χ4v) is 1.93. The molecule has 0 saturated carbocycles. The third-order valence-corrected chi connectivity index (χ3v) is 2.84. The monoisotopic (exact) mass is 284 g/mol. The lowest BCUT2D eigenvalue weighted by atomic mass is 10.1. The van der Waals surface area contributed by atoms with Crippen molar-refractivity contribution in [1.82, 2.24) is 0 Å². The Balaban J connectivity index is 3.08. The highest BCUT2D eigenvalue weighted by atomic mass is 79.9. The van der Waals surface area contributed by atoms with Gasteiger partial charge in [0.25, 0.3) is 0 Å². The summed E-state index contributed by atoms with van der Waals surface area (Å²) in [7, 11) is 0. The molecule has 1 aromatic rings. The van der Waals surface area contributed by atoms with Gasteiger partial charge in [-0.1, -0.05) is 6.07 Å². The van der Waals surface area contributed by atoms with Gasteiger partial charge in [0.1, 0.15) is 6.07 Å². The van der Waals surface area contributed by atoms with Crippen LogP contribution in [0.1, 0.15) is 5.56 Å². The van der Waals surface area contributed by atoms with Crippen LogP contribution in [0.15, 0.2) is 22.7 Å². The highest BCUT2D eigenvalue weighted by molar-refractivity contribution is 9.10. The van der Waals surface area contributed by atoms with Crippen LogP contribution in [-0.4, -0.2) is 36.5 Å². The summed E-state index contributed by atoms with van der Waals surface area (Å²) >= 11 is 3.30. The van der Waals surface area contributed by atoms with Crippen LogP contribution >= 0.6 is 15.9 Å². The number of halogens is 1. The second-order valence-corrected chi connectivity index (χ2v) is 4.03. The van der Waals surface area contributed by atoms with Gasteiger partial charge in [-0.25, -0.2) is 0 Å². The van der Waals surface area contributed by atoms with Crippen LogP contribution in [0, 0.1) is 11.3 Å². The third kappa shape index (κ3) is 2.95. The minimum absolute atomic E-state index is 0.0165. The Labute approximate surface area is 103 Å². The van der Waals surface area contributed by atoms with Crippen LogP contribution in [0.2, 0.25) is 0 Å². The summed E-state index contributed by atoms with van der Waals surface area (Å²) in [5.74, 6) is 0. The molecule has 0 aromatic heterocycles. The first-order chi connectivity index (χ1) is 7.74. The average Bonchev–Trinajstić information content (AvgIpc) is 2.28. The predicted molar refractivity (Wildman–Crippen MR) is 65.2 cm³/mol. The molecule has 0 aliphatic rings. The summed E-state index contributed by atoms with van der Waals surface area (Å²) in [5, 5.41) is 26.9. The predicted octanol–water partition coefficient (Wildman–Crippen LogP) is 1.11. The Kier molecular flexibility index (Phi) is 5.26. The second-order valence-electron chi connectivity index (χ2n) is 3.18. The van der Waals surface area contributed by atoms with Gasteiger partial charge >= 0.3 is 0 Å². The molecule has 0 radical (unpaired) electrons. The van der Waals surface area contributed by atoms with Gasteiger partial charge in [-0.15, -0.1) is 0 Å². The Morgan fingerprint density at radius 3 is 2.38 bits per heavy atom. The lowest BCUT2D eigenvalue weighted by molar-refractivity contribution is 0.281. The number of aliphatic hydroxyl groups excluding tert-OH is 2. The molecule has 1 aromatic carbocycles. The van der Waals surface area contributed by atoms with Crippen molar-refractivity contribution >= 4 is 21.6 Å². The molecule has 4 nitrogen and oxygen atoms in total. The van der Waals surface area contributed by atoms with Crippen molar-refractivity contribution in [2.24, 2.45) is 0 Å². The van der Waals surface area contributed by atoms with Crippen LogP contribution in [-0.2, 0) is 0 Å². The fourth-order valence-electron chi connectivity index (χ4n) is 1.48. The first-order valence-corrected chi connectivity index (χ1v) is 5.69. The third-order valence-electron chi connectivity index (χ3n) is 2.18. The molecule has 16 heavy (non-hydrogen) atoms. The Morgan fingerprint density at radius 2 is 1.88 bits per heavy atom. The van der Waals surface area contributed by atoms with Crippen LogP contribution in [0.4, 0.5) is 5.69 Å². The molecule has 0 fully saturated rings. The van der Waals surface area contributed by atoms with Crippen molar-refractivity contribution in [2.45, 2.75) is 0 Å². The summed E-state index contributed by atoms with van der Waals surface area (Å²) in [5.41, 5.74) is 1.24. The molecule has 0 atom stereocenters. The van der Waals surface area contributed by atoms with Crippen molar-refractivity contribution in [1.29, 1.82) is 5.26 Å². The zero-order chi connectivity index (χ0) is 12.0. The van der Waals surface area contributed by atoms with Gasteiger partial charge in [0.2, 0.25) is 0 Å². The van der Waals surface area contributed by atoms with Gasteiger partial charge in [-0.3, -0.25) is 0 Å². The highest BCUT2D eigenvalue weighted by Crippen LogP contribution is 2.26. The zero-order valence-electron chi connectivity index (χ0n) is 8.73. The van der Waals surface area contributed by atoms with Crippen LogP contribution < -0.4 is 4.90 Å². The number of rotatable bonds is 5. The van der Waals surface area contributed by atoms with Gasteiger partial charge in [0.05, 0.1) is 24.5 Å². The Hall–Kier alpha value is -1.09. The first kappa shape index (κ1) is 13.0. The maximum atomic E-state index is 9.05. The molecule has 2 N–H and O–H groups in total. The minimum atomic E-state index is -0.0165. The normalized spacial score (nSPS) is 9.88. The molecule has 0 aliphatic carbocycles. The molecule has 0 bridgehead atoms. The number of nitriles is 1. The van der Waals surface area contributed by atoms with Crippen LogP contribution in [0.25, 0.3) is 0 Å². The lowest BCUT2D eigenvalue weighted by Gasteiger charge is -2.24. The summed E-state index contributed by atoms with van der Waals surface area (Å²) < 4.78 is 0.716. The molecule has 5 heteroatoms. The number of hydrogen-bond donors (Lipinski definition) is 2. The SMILES string of the molecule is N#Cc1c(Br)cccc1N(CCO)CCO. The maximum absolute atomic E-state index is 9.05. The molecule has 0 spiro atoms. The molecule has 0 unspecified atom stereocenters. The number of benzene rings is 1. The zero-order valence-corrected chi connectivity index (χ0v) is 10.3. The van der Waals surface area contributed by atoms with E-state index in [1.807, 2.05) is 6.07 Å². The number of aliphatic hydroxyl groups is 2. The lowest BCUT2D eigenvalue weighted by Crippen LogP contribution is -2.30. The standard InChI is InChI=1S/C11H13BrN2O2/c12-10-2-1-3-11(9(10)8-13)14(4-6-15)5-7-16/h1-3,15-16H,4-7H2. The van der Waals surface area contributed by atoms with Crippen LogP contribution in [0.5, 0.6) is 0 Å². The summed E-state index contributed by atoms with van der Waals surface area (Å²) in [6.45, 7) is 0.756. The first-order valence-electron chi connectivity index (χ1n) is 4.90. The van der Waals surface area contributed by atoms with Crippen molar-refractivity contribution in [3.63, 3.8) is 0 Å². The van der Waals surface area contributed by atoms with Crippen molar-refractivity contribution in [3.8, 4) is 6.07 Å². The summed E-state index contributed by atoms with van der Waals surface area (Å²) in [6, 6.07) is 7.52. The molecule has 0 heterocycles. The molecule has 0 saturated heterocycles. The van der Waals surface area contributed by atoms with E-state index >= 15 is 0 Å². The Bertz CT molecular complexity index is 384. The molecular weight excluding hydrogens is 272 g/mol. The summed E-state index contributed by atoms with van der Waals surface area (Å²) in [4.78, 5) is 1.78. The number of hydrogen-bond acceptors (Lipinski definition) is 4. The molecule has 0 aliphatic heterocycles. The smallest absolute Gasteiger partial charge is 0.103 e. The molecule has 1 rings (SSSR count). The number of anilines is 1. The van der Waals surface area contributed by atoms with E-state index in [4.69, 9.17) is 15.5 Å². The van der Waals surface area contributed by atoms with Crippen molar-refractivity contribution in [2.75, 3.05) is 31.2 Å². The minimum Gasteiger partial charge on any atom is -0.395 e. The van der Waals surface area contributed by atoms with E-state index < -0.39 is 0 Å². The van der Waals surface area contributed by atoms with Crippen molar-refractivity contribution < 1.29 is 10.2 Å². The largest absolute Gasteiger partial charge is 0.395 e.